The normalized spacial score (nSPS) is 14.1. The van der Waals surface area contributed by atoms with Crippen LogP contribution in [0.15, 0.2) is 48.3 Å². The van der Waals surface area contributed by atoms with E-state index in [0.29, 0.717) is 5.70 Å². The Balaban J connectivity index is 2.60. The molecule has 1 aromatic heterocycles. The van der Waals surface area contributed by atoms with Crippen molar-refractivity contribution in [1.82, 2.24) is 15.0 Å². The van der Waals surface area contributed by atoms with Crippen molar-refractivity contribution in [2.75, 3.05) is 0 Å². The van der Waals surface area contributed by atoms with Gasteiger partial charge in [-0.3, -0.25) is 0 Å². The molecule has 0 unspecified atom stereocenters. The predicted octanol–water partition coefficient (Wildman–Crippen LogP) is 4.64. The van der Waals surface area contributed by atoms with Crippen LogP contribution in [0, 0.1) is 12.3 Å². The second-order valence-electron chi connectivity index (χ2n) is 6.37. The summed E-state index contributed by atoms with van der Waals surface area (Å²) >= 11 is 0. The Morgan fingerprint density at radius 2 is 1.86 bits per heavy atom. The van der Waals surface area contributed by atoms with Gasteiger partial charge in [0.2, 0.25) is 0 Å². The molecule has 4 heteroatoms. The molecular formula is C18H23N3O. The first kappa shape index (κ1) is 16.0. The minimum absolute atomic E-state index is 0.155. The molecule has 0 radical (unpaired) electrons. The van der Waals surface area contributed by atoms with Gasteiger partial charge in [0.25, 0.3) is 0 Å². The zero-order valence-electron chi connectivity index (χ0n) is 13.9. The third-order valence-electron chi connectivity index (χ3n) is 3.53. The zero-order valence-corrected chi connectivity index (χ0v) is 13.9. The number of fused-ring (bicyclic) bond motifs is 1. The van der Waals surface area contributed by atoms with Gasteiger partial charge in [-0.15, -0.1) is 15.0 Å². The van der Waals surface area contributed by atoms with E-state index in [1.807, 2.05) is 52.8 Å². The average Bonchev–Trinajstić information content (AvgIpc) is 2.81. The minimum atomic E-state index is -0.219. The third-order valence-corrected chi connectivity index (χ3v) is 3.53. The van der Waals surface area contributed by atoms with Gasteiger partial charge in [-0.1, -0.05) is 45.6 Å². The SMILES string of the molecule is C=C/C(=C(O)\C(=C/C)n1nc2ccc(C)cc2n1)C(C)(C)C. The molecule has 0 saturated carbocycles. The molecule has 22 heavy (non-hydrogen) atoms. The van der Waals surface area contributed by atoms with Crippen molar-refractivity contribution in [3.8, 4) is 0 Å². The lowest BCUT2D eigenvalue weighted by Crippen LogP contribution is -2.14. The van der Waals surface area contributed by atoms with Gasteiger partial charge in [-0.05, 0) is 37.0 Å². The van der Waals surface area contributed by atoms with Crippen LogP contribution in [0.4, 0.5) is 0 Å². The van der Waals surface area contributed by atoms with E-state index >= 15 is 0 Å². The highest BCUT2D eigenvalue weighted by molar-refractivity contribution is 5.76. The summed E-state index contributed by atoms with van der Waals surface area (Å²) in [5.74, 6) is 0.155. The van der Waals surface area contributed by atoms with E-state index in [1.165, 1.54) is 4.80 Å². The molecule has 0 saturated heterocycles. The molecule has 4 nitrogen and oxygen atoms in total. The maximum Gasteiger partial charge on any atom is 0.146 e. The van der Waals surface area contributed by atoms with Crippen LogP contribution in [-0.2, 0) is 0 Å². The second kappa shape index (κ2) is 5.79. The number of rotatable bonds is 3. The summed E-state index contributed by atoms with van der Waals surface area (Å²) in [5.41, 5.74) is 3.83. The van der Waals surface area contributed by atoms with Gasteiger partial charge in [-0.25, -0.2) is 0 Å². The molecule has 0 amide bonds. The van der Waals surface area contributed by atoms with Gasteiger partial charge in [0, 0.05) is 5.57 Å². The lowest BCUT2D eigenvalue weighted by molar-refractivity contribution is 0.394. The lowest BCUT2D eigenvalue weighted by atomic mass is 9.85. The number of benzene rings is 1. The summed E-state index contributed by atoms with van der Waals surface area (Å²) < 4.78 is 0. The van der Waals surface area contributed by atoms with Gasteiger partial charge in [0.15, 0.2) is 0 Å². The summed E-state index contributed by atoms with van der Waals surface area (Å²) in [6, 6.07) is 5.90. The first-order valence-corrected chi connectivity index (χ1v) is 7.35. The van der Waals surface area contributed by atoms with Crippen molar-refractivity contribution in [2.24, 2.45) is 5.41 Å². The fourth-order valence-electron chi connectivity index (χ4n) is 2.38. The number of allylic oxidation sites excluding steroid dienone is 4. The number of nitrogens with zero attached hydrogens (tertiary/aromatic N) is 3. The molecule has 2 rings (SSSR count). The molecule has 0 bridgehead atoms. The Morgan fingerprint density at radius 3 is 2.41 bits per heavy atom. The summed E-state index contributed by atoms with van der Waals surface area (Å²) in [7, 11) is 0. The van der Waals surface area contributed by atoms with Gasteiger partial charge >= 0.3 is 0 Å². The number of aryl methyl sites for hydroxylation is 1. The number of hydrogen-bond acceptors (Lipinski definition) is 3. The Labute approximate surface area is 131 Å². The highest BCUT2D eigenvalue weighted by Gasteiger charge is 2.22. The number of hydrogen-bond donors (Lipinski definition) is 1. The standard InChI is InChI=1S/C18H23N3O/c1-7-13(18(4,5)6)17(22)16(8-2)21-19-14-10-9-12(3)11-15(14)20-21/h7-11,22H,1H2,2-6H3/b16-8+,17-13-. The van der Waals surface area contributed by atoms with E-state index in [4.69, 9.17) is 0 Å². The van der Waals surface area contributed by atoms with Crippen molar-refractivity contribution < 1.29 is 5.11 Å². The summed E-state index contributed by atoms with van der Waals surface area (Å²) in [5, 5.41) is 19.6. The molecule has 0 aliphatic carbocycles. The van der Waals surface area contributed by atoms with Crippen molar-refractivity contribution in [1.29, 1.82) is 0 Å². The van der Waals surface area contributed by atoms with Crippen LogP contribution < -0.4 is 0 Å². The van der Waals surface area contributed by atoms with Gasteiger partial charge in [0.05, 0.1) is 0 Å². The minimum Gasteiger partial charge on any atom is -0.505 e. The number of aliphatic hydroxyl groups is 1. The molecule has 0 spiro atoms. The van der Waals surface area contributed by atoms with Crippen LogP contribution in [0.2, 0.25) is 0 Å². The van der Waals surface area contributed by atoms with E-state index in [9.17, 15) is 5.11 Å². The van der Waals surface area contributed by atoms with Gasteiger partial charge in [-0.2, -0.15) is 0 Å². The monoisotopic (exact) mass is 297 g/mol. The van der Waals surface area contributed by atoms with Crippen molar-refractivity contribution in [2.45, 2.75) is 34.6 Å². The average molecular weight is 297 g/mol. The Bertz CT molecular complexity index is 773. The number of aliphatic hydroxyl groups excluding tert-OH is 1. The van der Waals surface area contributed by atoms with Crippen LogP contribution in [0.3, 0.4) is 0 Å². The van der Waals surface area contributed by atoms with E-state index in [2.05, 4.69) is 16.8 Å². The molecular weight excluding hydrogens is 274 g/mol. The van der Waals surface area contributed by atoms with Crippen molar-refractivity contribution >= 4 is 16.7 Å². The lowest BCUT2D eigenvalue weighted by Gasteiger charge is -2.22. The predicted molar refractivity (Wildman–Crippen MR) is 91.5 cm³/mol. The van der Waals surface area contributed by atoms with E-state index in [1.54, 1.807) is 12.2 Å². The fraction of sp³-hybridized carbons (Fsp3) is 0.333. The maximum atomic E-state index is 10.7. The van der Waals surface area contributed by atoms with Crippen LogP contribution in [0.1, 0.15) is 33.3 Å². The topological polar surface area (TPSA) is 50.9 Å². The van der Waals surface area contributed by atoms with Crippen LogP contribution in [-0.4, -0.2) is 20.1 Å². The van der Waals surface area contributed by atoms with E-state index < -0.39 is 0 Å². The molecule has 2 aromatic rings. The summed E-state index contributed by atoms with van der Waals surface area (Å²) in [4.78, 5) is 1.48. The van der Waals surface area contributed by atoms with Gasteiger partial charge < -0.3 is 5.11 Å². The fourth-order valence-corrected chi connectivity index (χ4v) is 2.38. The molecule has 1 heterocycles. The molecule has 0 atom stereocenters. The van der Waals surface area contributed by atoms with Gasteiger partial charge in [0.1, 0.15) is 22.5 Å². The Kier molecular flexibility index (Phi) is 4.22. The summed E-state index contributed by atoms with van der Waals surface area (Å²) in [6.45, 7) is 13.8. The Morgan fingerprint density at radius 1 is 1.23 bits per heavy atom. The molecule has 1 aromatic carbocycles. The molecule has 0 fully saturated rings. The van der Waals surface area contributed by atoms with Crippen LogP contribution >= 0.6 is 0 Å². The third kappa shape index (κ3) is 2.96. The smallest absolute Gasteiger partial charge is 0.146 e. The number of aromatic nitrogens is 3. The second-order valence-corrected chi connectivity index (χ2v) is 6.37. The van der Waals surface area contributed by atoms with E-state index in [0.717, 1.165) is 22.2 Å². The van der Waals surface area contributed by atoms with Crippen molar-refractivity contribution in [3.63, 3.8) is 0 Å². The molecule has 116 valence electrons. The highest BCUT2D eigenvalue weighted by Crippen LogP contribution is 2.31. The summed E-state index contributed by atoms with van der Waals surface area (Å²) in [6.07, 6.45) is 3.49. The molecule has 0 aliphatic rings. The molecule has 0 aliphatic heterocycles. The largest absolute Gasteiger partial charge is 0.505 e. The highest BCUT2D eigenvalue weighted by atomic mass is 16.3. The van der Waals surface area contributed by atoms with Crippen LogP contribution in [0.25, 0.3) is 16.7 Å². The quantitative estimate of drug-likeness (QED) is 0.663. The van der Waals surface area contributed by atoms with Crippen LogP contribution in [0.5, 0.6) is 0 Å². The maximum absolute atomic E-state index is 10.7. The molecule has 1 N–H and O–H groups in total. The zero-order chi connectivity index (χ0) is 16.5. The first-order valence-electron chi connectivity index (χ1n) is 7.35. The first-order chi connectivity index (χ1) is 10.3. The van der Waals surface area contributed by atoms with Crippen molar-refractivity contribution in [3.05, 3.63) is 53.8 Å². The Hall–Kier alpha value is -2.36. The van der Waals surface area contributed by atoms with E-state index in [-0.39, 0.29) is 11.2 Å².